The molecule has 0 radical (unpaired) electrons. The molecule has 0 bridgehead atoms. The maximum atomic E-state index is 12.4. The van der Waals surface area contributed by atoms with Crippen molar-refractivity contribution in [3.8, 4) is 0 Å². The molecule has 1 aliphatic heterocycles. The number of aliphatic imine (C=N–C) groups is 1. The van der Waals surface area contributed by atoms with Crippen LogP contribution < -0.4 is 0 Å². The van der Waals surface area contributed by atoms with E-state index in [1.165, 1.54) is 0 Å². The summed E-state index contributed by atoms with van der Waals surface area (Å²) in [6, 6.07) is 21.5. The van der Waals surface area contributed by atoms with Gasteiger partial charge in [0.15, 0.2) is 0 Å². The molecule has 0 aliphatic carbocycles. The minimum Gasteiger partial charge on any atom is -0.345 e. The lowest BCUT2D eigenvalue weighted by Crippen LogP contribution is -2.21. The quantitative estimate of drug-likeness (QED) is 0.440. The largest absolute Gasteiger partial charge is 0.345 e. The number of hydrogen-bond donors (Lipinski definition) is 0. The third-order valence-corrected chi connectivity index (χ3v) is 5.81. The lowest BCUT2D eigenvalue weighted by Gasteiger charge is -2.12. The van der Waals surface area contributed by atoms with Gasteiger partial charge in [0.1, 0.15) is 0 Å². The summed E-state index contributed by atoms with van der Waals surface area (Å²) >= 11 is 8.13. The number of nitrogens with zero attached hydrogens (tertiary/aromatic N) is 2. The third kappa shape index (κ3) is 3.38. The van der Waals surface area contributed by atoms with Gasteiger partial charge in [-0.15, -0.1) is 0 Å². The van der Waals surface area contributed by atoms with Gasteiger partial charge in [-0.1, -0.05) is 59.8 Å². The standard InChI is InChI=1S/C22H17ClN2OS/c1-25(2)22(26)14-11-12-20-18(13-14)24-21(15-7-3-5-9-17(15)23)16-8-4-6-10-19(16)27-20/h3-13H,1-2H3. The van der Waals surface area contributed by atoms with Crippen molar-refractivity contribution >= 4 is 40.7 Å². The van der Waals surface area contributed by atoms with Crippen LogP contribution in [0.25, 0.3) is 0 Å². The first-order chi connectivity index (χ1) is 13.0. The Labute approximate surface area is 167 Å². The van der Waals surface area contributed by atoms with Crippen LogP contribution in [-0.2, 0) is 0 Å². The van der Waals surface area contributed by atoms with Crippen molar-refractivity contribution in [3.05, 3.63) is 88.4 Å². The second-order valence-corrected chi connectivity index (χ2v) is 7.91. The Bertz CT molecular complexity index is 1080. The predicted molar refractivity (Wildman–Crippen MR) is 112 cm³/mol. The highest BCUT2D eigenvalue weighted by atomic mass is 35.5. The van der Waals surface area contributed by atoms with Crippen LogP contribution >= 0.6 is 23.4 Å². The smallest absolute Gasteiger partial charge is 0.253 e. The van der Waals surface area contributed by atoms with E-state index in [0.29, 0.717) is 10.6 Å². The number of amides is 1. The highest BCUT2D eigenvalue weighted by Crippen LogP contribution is 2.42. The first-order valence-electron chi connectivity index (χ1n) is 8.51. The van der Waals surface area contributed by atoms with Gasteiger partial charge in [-0.2, -0.15) is 0 Å². The molecule has 1 amide bonds. The minimum absolute atomic E-state index is 0.0425. The van der Waals surface area contributed by atoms with Gasteiger partial charge < -0.3 is 4.90 Å². The van der Waals surface area contributed by atoms with Gasteiger partial charge in [0.25, 0.3) is 5.91 Å². The summed E-state index contributed by atoms with van der Waals surface area (Å²) in [4.78, 5) is 21.0. The number of fused-ring (bicyclic) bond motifs is 2. The van der Waals surface area contributed by atoms with Crippen molar-refractivity contribution in [1.29, 1.82) is 0 Å². The van der Waals surface area contributed by atoms with E-state index < -0.39 is 0 Å². The molecule has 0 atom stereocenters. The van der Waals surface area contributed by atoms with Crippen molar-refractivity contribution in [1.82, 2.24) is 4.90 Å². The molecule has 0 N–H and O–H groups in total. The Hall–Kier alpha value is -2.56. The SMILES string of the molecule is CN(C)C(=O)c1ccc2c(c1)N=C(c1ccccc1Cl)c1ccccc1S2. The number of carbonyl (C=O) groups excluding carboxylic acids is 1. The highest BCUT2D eigenvalue weighted by Gasteiger charge is 2.21. The van der Waals surface area contributed by atoms with Crippen LogP contribution in [0.15, 0.2) is 81.5 Å². The van der Waals surface area contributed by atoms with Crippen molar-refractivity contribution in [3.63, 3.8) is 0 Å². The van der Waals surface area contributed by atoms with E-state index in [1.807, 2.05) is 54.6 Å². The molecule has 5 heteroatoms. The molecular weight excluding hydrogens is 376 g/mol. The summed E-state index contributed by atoms with van der Waals surface area (Å²) in [5.41, 5.74) is 4.12. The van der Waals surface area contributed by atoms with Crippen LogP contribution in [0, 0.1) is 0 Å². The summed E-state index contributed by atoms with van der Waals surface area (Å²) in [7, 11) is 3.49. The zero-order chi connectivity index (χ0) is 19.0. The van der Waals surface area contributed by atoms with Crippen molar-refractivity contribution in [2.75, 3.05) is 14.1 Å². The molecule has 0 spiro atoms. The molecular formula is C22H17ClN2OS. The van der Waals surface area contributed by atoms with E-state index in [4.69, 9.17) is 16.6 Å². The lowest BCUT2D eigenvalue weighted by atomic mass is 10.0. The van der Waals surface area contributed by atoms with E-state index in [-0.39, 0.29) is 5.91 Å². The predicted octanol–water partition coefficient (Wildman–Crippen LogP) is 5.68. The van der Waals surface area contributed by atoms with E-state index >= 15 is 0 Å². The molecule has 134 valence electrons. The van der Waals surface area contributed by atoms with Crippen molar-refractivity contribution < 1.29 is 4.79 Å². The molecule has 4 rings (SSSR count). The summed E-state index contributed by atoms with van der Waals surface area (Å²) in [5.74, 6) is -0.0425. The molecule has 27 heavy (non-hydrogen) atoms. The number of benzene rings is 3. The van der Waals surface area contributed by atoms with Gasteiger partial charge in [0.05, 0.1) is 11.4 Å². The van der Waals surface area contributed by atoms with Gasteiger partial charge in [-0.05, 0) is 30.3 Å². The zero-order valence-corrected chi connectivity index (χ0v) is 16.5. The van der Waals surface area contributed by atoms with Crippen molar-refractivity contribution in [2.24, 2.45) is 4.99 Å². The molecule has 3 aromatic rings. The molecule has 1 heterocycles. The molecule has 0 fully saturated rings. The van der Waals surface area contributed by atoms with Crippen LogP contribution in [-0.4, -0.2) is 30.6 Å². The fraction of sp³-hybridized carbons (Fsp3) is 0.0909. The fourth-order valence-electron chi connectivity index (χ4n) is 2.99. The molecule has 3 aromatic carbocycles. The molecule has 0 unspecified atom stereocenters. The van der Waals surface area contributed by atoms with Crippen LogP contribution in [0.2, 0.25) is 5.02 Å². The number of rotatable bonds is 2. The monoisotopic (exact) mass is 392 g/mol. The Balaban J connectivity index is 1.95. The topological polar surface area (TPSA) is 32.7 Å². The molecule has 0 saturated carbocycles. The molecule has 0 saturated heterocycles. The maximum absolute atomic E-state index is 12.4. The summed E-state index contributed by atoms with van der Waals surface area (Å²) < 4.78 is 0. The fourth-order valence-corrected chi connectivity index (χ4v) is 4.22. The molecule has 3 nitrogen and oxygen atoms in total. The van der Waals surface area contributed by atoms with E-state index in [2.05, 4.69) is 12.1 Å². The van der Waals surface area contributed by atoms with Gasteiger partial charge in [-0.25, -0.2) is 4.99 Å². The first kappa shape index (κ1) is 17.8. The van der Waals surface area contributed by atoms with Crippen LogP contribution in [0.1, 0.15) is 21.5 Å². The first-order valence-corrected chi connectivity index (χ1v) is 9.70. The van der Waals surface area contributed by atoms with E-state index in [9.17, 15) is 4.79 Å². The molecule has 1 aliphatic rings. The zero-order valence-electron chi connectivity index (χ0n) is 14.9. The summed E-state index contributed by atoms with van der Waals surface area (Å²) in [6.07, 6.45) is 0. The maximum Gasteiger partial charge on any atom is 0.253 e. The average molecular weight is 393 g/mol. The van der Waals surface area contributed by atoms with Gasteiger partial charge in [-0.3, -0.25) is 4.79 Å². The second kappa shape index (κ2) is 7.22. The summed E-state index contributed by atoms with van der Waals surface area (Å²) in [5, 5.41) is 0.653. The normalized spacial score (nSPS) is 12.5. The highest BCUT2D eigenvalue weighted by molar-refractivity contribution is 7.99. The van der Waals surface area contributed by atoms with E-state index in [1.54, 1.807) is 30.8 Å². The number of halogens is 1. The average Bonchev–Trinajstić information content (AvgIpc) is 2.83. The molecule has 0 aromatic heterocycles. The number of hydrogen-bond acceptors (Lipinski definition) is 3. The van der Waals surface area contributed by atoms with Crippen LogP contribution in [0.5, 0.6) is 0 Å². The Morgan fingerprint density at radius 3 is 2.37 bits per heavy atom. The van der Waals surface area contributed by atoms with E-state index in [0.717, 1.165) is 32.3 Å². The van der Waals surface area contributed by atoms with Gasteiger partial charge in [0.2, 0.25) is 0 Å². The third-order valence-electron chi connectivity index (χ3n) is 4.34. The Kier molecular flexibility index (Phi) is 4.77. The van der Waals surface area contributed by atoms with Crippen LogP contribution in [0.3, 0.4) is 0 Å². The van der Waals surface area contributed by atoms with Gasteiger partial charge in [0, 0.05) is 45.6 Å². The van der Waals surface area contributed by atoms with Crippen LogP contribution in [0.4, 0.5) is 5.69 Å². The Morgan fingerprint density at radius 1 is 0.926 bits per heavy atom. The Morgan fingerprint density at radius 2 is 1.63 bits per heavy atom. The van der Waals surface area contributed by atoms with Gasteiger partial charge >= 0.3 is 0 Å². The lowest BCUT2D eigenvalue weighted by molar-refractivity contribution is 0.0827. The summed E-state index contributed by atoms with van der Waals surface area (Å²) in [6.45, 7) is 0. The number of carbonyl (C=O) groups is 1. The second-order valence-electron chi connectivity index (χ2n) is 6.42. The minimum atomic E-state index is -0.0425. The van der Waals surface area contributed by atoms with Crippen molar-refractivity contribution in [2.45, 2.75) is 9.79 Å².